The summed E-state index contributed by atoms with van der Waals surface area (Å²) in [5.41, 5.74) is -0.182. The van der Waals surface area contributed by atoms with Gasteiger partial charge in [-0.15, -0.1) is 0 Å². The molecular formula is C17H23F2N3O2. The molecule has 1 aliphatic rings. The van der Waals surface area contributed by atoms with Crippen LogP contribution < -0.4 is 10.6 Å². The predicted octanol–water partition coefficient (Wildman–Crippen LogP) is 2.67. The maximum Gasteiger partial charge on any atom is 0.315 e. The third-order valence-electron chi connectivity index (χ3n) is 3.77. The fourth-order valence-electron chi connectivity index (χ4n) is 2.60. The van der Waals surface area contributed by atoms with Crippen molar-refractivity contribution in [1.82, 2.24) is 15.5 Å². The van der Waals surface area contributed by atoms with Crippen molar-refractivity contribution in [2.45, 2.75) is 45.2 Å². The Morgan fingerprint density at radius 2 is 1.75 bits per heavy atom. The van der Waals surface area contributed by atoms with E-state index < -0.39 is 11.6 Å². The van der Waals surface area contributed by atoms with Gasteiger partial charge in [-0.05, 0) is 51.8 Å². The average Bonchev–Trinajstić information content (AvgIpc) is 2.48. The molecule has 1 aromatic rings. The molecule has 1 aliphatic heterocycles. The van der Waals surface area contributed by atoms with Crippen molar-refractivity contribution in [3.8, 4) is 0 Å². The van der Waals surface area contributed by atoms with Crippen LogP contribution in [0, 0.1) is 11.6 Å². The highest BCUT2D eigenvalue weighted by Crippen LogP contribution is 2.16. The van der Waals surface area contributed by atoms with Crippen LogP contribution in [-0.2, 0) is 0 Å². The van der Waals surface area contributed by atoms with Crippen LogP contribution in [-0.4, -0.2) is 41.5 Å². The second-order valence-corrected chi connectivity index (χ2v) is 7.04. The van der Waals surface area contributed by atoms with E-state index in [0.29, 0.717) is 25.9 Å². The Bertz CT molecular complexity index is 621. The first-order valence-electron chi connectivity index (χ1n) is 7.99. The molecule has 5 nitrogen and oxygen atoms in total. The van der Waals surface area contributed by atoms with Crippen molar-refractivity contribution in [3.05, 3.63) is 35.4 Å². The Morgan fingerprint density at radius 3 is 2.29 bits per heavy atom. The van der Waals surface area contributed by atoms with Gasteiger partial charge in [-0.25, -0.2) is 13.6 Å². The molecule has 0 spiro atoms. The standard InChI is InChI=1S/C17H23F2N3O2/c1-17(2,3)21-16(24)20-12-6-8-22(9-7-12)15(23)11-4-5-13(18)14(19)10-11/h4-5,10,12H,6-9H2,1-3H3,(H2,20,21,24). The number of urea groups is 1. The number of benzene rings is 1. The van der Waals surface area contributed by atoms with Crippen molar-refractivity contribution in [1.29, 1.82) is 0 Å². The summed E-state index contributed by atoms with van der Waals surface area (Å²) in [5.74, 6) is -2.33. The van der Waals surface area contributed by atoms with Crippen LogP contribution in [0.3, 0.4) is 0 Å². The first kappa shape index (κ1) is 18.2. The van der Waals surface area contributed by atoms with Gasteiger partial charge < -0.3 is 15.5 Å². The number of rotatable bonds is 2. The van der Waals surface area contributed by atoms with Gasteiger partial charge in [-0.3, -0.25) is 4.79 Å². The zero-order chi connectivity index (χ0) is 17.9. The summed E-state index contributed by atoms with van der Waals surface area (Å²) in [6.07, 6.45) is 1.24. The molecule has 0 unspecified atom stereocenters. The van der Waals surface area contributed by atoms with Gasteiger partial charge in [0.1, 0.15) is 0 Å². The van der Waals surface area contributed by atoms with E-state index in [1.807, 2.05) is 20.8 Å². The van der Waals surface area contributed by atoms with E-state index in [-0.39, 0.29) is 29.1 Å². The second-order valence-electron chi connectivity index (χ2n) is 7.04. The Morgan fingerprint density at radius 1 is 1.12 bits per heavy atom. The van der Waals surface area contributed by atoms with E-state index in [1.165, 1.54) is 6.07 Å². The molecule has 0 bridgehead atoms. The summed E-state index contributed by atoms with van der Waals surface area (Å²) >= 11 is 0. The van der Waals surface area contributed by atoms with Gasteiger partial charge >= 0.3 is 6.03 Å². The van der Waals surface area contributed by atoms with Crippen molar-refractivity contribution in [2.24, 2.45) is 0 Å². The number of nitrogens with zero attached hydrogens (tertiary/aromatic N) is 1. The summed E-state index contributed by atoms with van der Waals surface area (Å²) in [6.45, 7) is 6.61. The fourth-order valence-corrected chi connectivity index (χ4v) is 2.60. The summed E-state index contributed by atoms with van der Waals surface area (Å²) in [5, 5.41) is 5.72. The molecule has 7 heteroatoms. The molecule has 132 valence electrons. The molecule has 1 heterocycles. The van der Waals surface area contributed by atoms with Crippen LogP contribution in [0.15, 0.2) is 18.2 Å². The molecule has 24 heavy (non-hydrogen) atoms. The summed E-state index contributed by atoms with van der Waals surface area (Å²) in [6, 6.07) is 2.91. The van der Waals surface area contributed by atoms with Crippen LogP contribution in [0.4, 0.5) is 13.6 Å². The average molecular weight is 339 g/mol. The molecule has 0 aliphatic carbocycles. The molecule has 1 fully saturated rings. The van der Waals surface area contributed by atoms with Crippen LogP contribution in [0.1, 0.15) is 44.0 Å². The topological polar surface area (TPSA) is 61.4 Å². The fraction of sp³-hybridized carbons (Fsp3) is 0.529. The van der Waals surface area contributed by atoms with Gasteiger partial charge in [0.25, 0.3) is 5.91 Å². The van der Waals surface area contributed by atoms with E-state index in [9.17, 15) is 18.4 Å². The number of amides is 3. The number of likely N-dealkylation sites (tertiary alicyclic amines) is 1. The molecular weight excluding hydrogens is 316 g/mol. The van der Waals surface area contributed by atoms with Crippen molar-refractivity contribution >= 4 is 11.9 Å². The highest BCUT2D eigenvalue weighted by atomic mass is 19.2. The minimum absolute atomic E-state index is 0.0126. The van der Waals surface area contributed by atoms with Gasteiger partial charge in [0, 0.05) is 30.2 Å². The highest BCUT2D eigenvalue weighted by Gasteiger charge is 2.26. The van der Waals surface area contributed by atoms with E-state index in [2.05, 4.69) is 10.6 Å². The van der Waals surface area contributed by atoms with E-state index in [1.54, 1.807) is 4.90 Å². The monoisotopic (exact) mass is 339 g/mol. The molecule has 3 amide bonds. The second kappa shape index (κ2) is 7.15. The Kier molecular flexibility index (Phi) is 5.41. The molecule has 2 rings (SSSR count). The Hall–Kier alpha value is -2.18. The van der Waals surface area contributed by atoms with Gasteiger partial charge in [-0.2, -0.15) is 0 Å². The number of hydrogen-bond donors (Lipinski definition) is 2. The van der Waals surface area contributed by atoms with Gasteiger partial charge in [0.15, 0.2) is 11.6 Å². The van der Waals surface area contributed by atoms with Gasteiger partial charge in [0.05, 0.1) is 0 Å². The lowest BCUT2D eigenvalue weighted by Crippen LogP contribution is -2.52. The number of halogens is 2. The largest absolute Gasteiger partial charge is 0.338 e. The van der Waals surface area contributed by atoms with E-state index >= 15 is 0 Å². The molecule has 1 saturated heterocycles. The molecule has 0 radical (unpaired) electrons. The van der Waals surface area contributed by atoms with Crippen LogP contribution in [0.25, 0.3) is 0 Å². The molecule has 0 aromatic heterocycles. The number of piperidine rings is 1. The molecule has 2 N–H and O–H groups in total. The number of carbonyl (C=O) groups is 2. The predicted molar refractivity (Wildman–Crippen MR) is 86.7 cm³/mol. The lowest BCUT2D eigenvalue weighted by Gasteiger charge is -2.33. The number of carbonyl (C=O) groups excluding carboxylic acids is 2. The van der Waals surface area contributed by atoms with Crippen molar-refractivity contribution in [3.63, 3.8) is 0 Å². The minimum Gasteiger partial charge on any atom is -0.338 e. The molecule has 0 atom stereocenters. The summed E-state index contributed by atoms with van der Waals surface area (Å²) in [7, 11) is 0. The lowest BCUT2D eigenvalue weighted by molar-refractivity contribution is 0.0707. The lowest BCUT2D eigenvalue weighted by atomic mass is 10.0. The number of hydrogen-bond acceptors (Lipinski definition) is 2. The highest BCUT2D eigenvalue weighted by molar-refractivity contribution is 5.94. The Balaban J connectivity index is 1.87. The smallest absolute Gasteiger partial charge is 0.315 e. The SMILES string of the molecule is CC(C)(C)NC(=O)NC1CCN(C(=O)c2ccc(F)c(F)c2)CC1. The van der Waals surface area contributed by atoms with Crippen LogP contribution >= 0.6 is 0 Å². The van der Waals surface area contributed by atoms with Crippen molar-refractivity contribution < 1.29 is 18.4 Å². The molecule has 0 saturated carbocycles. The first-order chi connectivity index (χ1) is 11.2. The maximum atomic E-state index is 13.2. The first-order valence-corrected chi connectivity index (χ1v) is 7.99. The van der Waals surface area contributed by atoms with E-state index in [0.717, 1.165) is 12.1 Å². The maximum absolute atomic E-state index is 13.2. The van der Waals surface area contributed by atoms with E-state index in [4.69, 9.17) is 0 Å². The number of nitrogens with one attached hydrogen (secondary N) is 2. The summed E-state index contributed by atoms with van der Waals surface area (Å²) in [4.78, 5) is 25.8. The van der Waals surface area contributed by atoms with Crippen molar-refractivity contribution in [2.75, 3.05) is 13.1 Å². The third-order valence-corrected chi connectivity index (χ3v) is 3.77. The van der Waals surface area contributed by atoms with Gasteiger partial charge in [0.2, 0.25) is 0 Å². The van der Waals surface area contributed by atoms with Gasteiger partial charge in [-0.1, -0.05) is 0 Å². The normalized spacial score (nSPS) is 16.0. The van der Waals surface area contributed by atoms with Crippen LogP contribution in [0.5, 0.6) is 0 Å². The summed E-state index contributed by atoms with van der Waals surface area (Å²) < 4.78 is 26.2. The third kappa shape index (κ3) is 4.91. The quantitative estimate of drug-likeness (QED) is 0.870. The Labute approximate surface area is 140 Å². The molecule has 1 aromatic carbocycles. The zero-order valence-corrected chi connectivity index (χ0v) is 14.2. The zero-order valence-electron chi connectivity index (χ0n) is 14.2. The van der Waals surface area contributed by atoms with Crippen LogP contribution in [0.2, 0.25) is 0 Å². The minimum atomic E-state index is -1.03.